The largest absolute Gasteiger partial charge is 0.391 e. The summed E-state index contributed by atoms with van der Waals surface area (Å²) in [5.41, 5.74) is 0.443. The van der Waals surface area contributed by atoms with E-state index in [0.29, 0.717) is 6.54 Å². The fourth-order valence-corrected chi connectivity index (χ4v) is 2.81. The van der Waals surface area contributed by atoms with Crippen molar-refractivity contribution in [1.82, 2.24) is 5.32 Å². The van der Waals surface area contributed by atoms with Gasteiger partial charge in [0, 0.05) is 12.0 Å². The minimum Gasteiger partial charge on any atom is -0.391 e. The molecule has 0 fully saturated rings. The van der Waals surface area contributed by atoms with Crippen molar-refractivity contribution < 1.29 is 13.9 Å². The molecule has 2 aromatic carbocycles. The second-order valence-corrected chi connectivity index (χ2v) is 6.02. The Labute approximate surface area is 136 Å². The van der Waals surface area contributed by atoms with Gasteiger partial charge in [0.1, 0.15) is 11.6 Å². The maximum absolute atomic E-state index is 14.1. The summed E-state index contributed by atoms with van der Waals surface area (Å²) < 4.78 is 27.6. The molecule has 4 heteroatoms. The Hall–Kier alpha value is -1.78. The van der Waals surface area contributed by atoms with Crippen LogP contribution in [0.4, 0.5) is 8.78 Å². The van der Waals surface area contributed by atoms with E-state index in [-0.39, 0.29) is 12.0 Å². The van der Waals surface area contributed by atoms with Gasteiger partial charge in [-0.1, -0.05) is 44.2 Å². The first kappa shape index (κ1) is 17.6. The van der Waals surface area contributed by atoms with Crippen molar-refractivity contribution in [3.63, 3.8) is 0 Å². The summed E-state index contributed by atoms with van der Waals surface area (Å²) in [4.78, 5) is 0. The van der Waals surface area contributed by atoms with Crippen LogP contribution in [0, 0.1) is 11.6 Å². The van der Waals surface area contributed by atoms with Crippen LogP contribution in [0.3, 0.4) is 0 Å². The third-order valence-corrected chi connectivity index (χ3v) is 4.32. The first-order valence-corrected chi connectivity index (χ1v) is 7.85. The van der Waals surface area contributed by atoms with Crippen LogP contribution >= 0.6 is 0 Å². The molecule has 23 heavy (non-hydrogen) atoms. The molecule has 124 valence electrons. The number of rotatable bonds is 7. The van der Waals surface area contributed by atoms with Crippen molar-refractivity contribution in [2.24, 2.45) is 0 Å². The van der Waals surface area contributed by atoms with Crippen LogP contribution in [0.5, 0.6) is 0 Å². The average molecular weight is 319 g/mol. The lowest BCUT2D eigenvalue weighted by Gasteiger charge is -2.36. The van der Waals surface area contributed by atoms with Crippen LogP contribution in [0.15, 0.2) is 48.5 Å². The van der Waals surface area contributed by atoms with E-state index in [4.69, 9.17) is 0 Å². The zero-order valence-corrected chi connectivity index (χ0v) is 13.5. The molecular formula is C19H23F2NO. The molecule has 2 aromatic rings. The zero-order chi connectivity index (χ0) is 16.9. The highest BCUT2D eigenvalue weighted by Gasteiger charge is 2.35. The van der Waals surface area contributed by atoms with Gasteiger partial charge in [-0.2, -0.15) is 0 Å². The van der Waals surface area contributed by atoms with Gasteiger partial charge in [-0.25, -0.2) is 8.78 Å². The lowest BCUT2D eigenvalue weighted by atomic mass is 9.72. The predicted octanol–water partition coefficient (Wildman–Crippen LogP) is 3.44. The Morgan fingerprint density at radius 2 is 1.83 bits per heavy atom. The van der Waals surface area contributed by atoms with E-state index < -0.39 is 23.2 Å². The van der Waals surface area contributed by atoms with E-state index in [9.17, 15) is 13.9 Å². The highest BCUT2D eigenvalue weighted by molar-refractivity contribution is 5.31. The number of hydrogen-bond donors (Lipinski definition) is 2. The number of halogens is 2. The van der Waals surface area contributed by atoms with Crippen LogP contribution in [-0.2, 0) is 11.8 Å². The van der Waals surface area contributed by atoms with E-state index in [2.05, 4.69) is 5.32 Å². The Morgan fingerprint density at radius 3 is 2.48 bits per heavy atom. The van der Waals surface area contributed by atoms with Gasteiger partial charge in [-0.15, -0.1) is 0 Å². The predicted molar refractivity (Wildman–Crippen MR) is 88.4 cm³/mol. The monoisotopic (exact) mass is 319 g/mol. The SMILES string of the molecule is CCNCC(O)C(C)(Cc1cc(F)ccc1F)c1ccccc1. The van der Waals surface area contributed by atoms with E-state index >= 15 is 0 Å². The van der Waals surface area contributed by atoms with E-state index in [1.54, 1.807) is 0 Å². The molecule has 0 radical (unpaired) electrons. The molecule has 0 amide bonds. The molecule has 2 nitrogen and oxygen atoms in total. The molecule has 2 atom stereocenters. The summed E-state index contributed by atoms with van der Waals surface area (Å²) in [6.07, 6.45) is -0.514. The molecule has 2 N–H and O–H groups in total. The van der Waals surface area contributed by atoms with Crippen LogP contribution in [-0.4, -0.2) is 24.3 Å². The smallest absolute Gasteiger partial charge is 0.126 e. The summed E-state index contributed by atoms with van der Waals surface area (Å²) in [5.74, 6) is -0.929. The number of aliphatic hydroxyl groups excluding tert-OH is 1. The topological polar surface area (TPSA) is 32.3 Å². The first-order valence-electron chi connectivity index (χ1n) is 7.85. The minimum absolute atomic E-state index is 0.215. The summed E-state index contributed by atoms with van der Waals surface area (Å²) in [5, 5.41) is 13.8. The second kappa shape index (κ2) is 7.66. The lowest BCUT2D eigenvalue weighted by Crippen LogP contribution is -2.45. The average Bonchev–Trinajstić information content (AvgIpc) is 2.56. The van der Waals surface area contributed by atoms with Crippen LogP contribution in [0.1, 0.15) is 25.0 Å². The third kappa shape index (κ3) is 4.15. The molecule has 2 rings (SSSR count). The molecule has 0 heterocycles. The molecule has 0 saturated carbocycles. The summed E-state index contributed by atoms with van der Waals surface area (Å²) in [6, 6.07) is 12.9. The van der Waals surface area contributed by atoms with Crippen molar-refractivity contribution in [1.29, 1.82) is 0 Å². The van der Waals surface area contributed by atoms with Gasteiger partial charge in [0.25, 0.3) is 0 Å². The van der Waals surface area contributed by atoms with E-state index in [0.717, 1.165) is 24.2 Å². The first-order chi connectivity index (χ1) is 11.0. The minimum atomic E-state index is -0.729. The number of likely N-dealkylation sites (N-methyl/N-ethyl adjacent to an activating group) is 1. The van der Waals surface area contributed by atoms with Crippen molar-refractivity contribution in [2.75, 3.05) is 13.1 Å². The van der Waals surface area contributed by atoms with Gasteiger partial charge >= 0.3 is 0 Å². The highest BCUT2D eigenvalue weighted by atomic mass is 19.1. The Morgan fingerprint density at radius 1 is 1.13 bits per heavy atom. The maximum atomic E-state index is 14.1. The number of benzene rings is 2. The van der Waals surface area contributed by atoms with Gasteiger partial charge < -0.3 is 10.4 Å². The Balaban J connectivity index is 2.39. The molecule has 0 aliphatic carbocycles. The van der Waals surface area contributed by atoms with Crippen LogP contribution in [0.2, 0.25) is 0 Å². The molecule has 0 aromatic heterocycles. The van der Waals surface area contributed by atoms with Crippen molar-refractivity contribution in [2.45, 2.75) is 31.8 Å². The van der Waals surface area contributed by atoms with Gasteiger partial charge in [0.2, 0.25) is 0 Å². The molecule has 0 spiro atoms. The molecule has 0 aliphatic rings. The van der Waals surface area contributed by atoms with Gasteiger partial charge in [-0.05, 0) is 42.3 Å². The molecule has 2 unspecified atom stereocenters. The van der Waals surface area contributed by atoms with Gasteiger partial charge in [0.05, 0.1) is 6.10 Å². The molecule has 0 aliphatic heterocycles. The quantitative estimate of drug-likeness (QED) is 0.819. The normalized spacial score (nSPS) is 15.2. The van der Waals surface area contributed by atoms with Crippen LogP contribution in [0.25, 0.3) is 0 Å². The van der Waals surface area contributed by atoms with Crippen LogP contribution < -0.4 is 5.32 Å². The standard InChI is InChI=1S/C19H23F2NO/c1-3-22-13-18(23)19(2,15-7-5-4-6-8-15)12-14-11-16(20)9-10-17(14)21/h4-11,18,22-23H,3,12-13H2,1-2H3. The summed E-state index contributed by atoms with van der Waals surface area (Å²) in [6.45, 7) is 4.96. The Kier molecular flexibility index (Phi) is 5.85. The van der Waals surface area contributed by atoms with Crippen molar-refractivity contribution in [3.8, 4) is 0 Å². The fraction of sp³-hybridized carbons (Fsp3) is 0.368. The van der Waals surface area contributed by atoms with Gasteiger partial charge in [0.15, 0.2) is 0 Å². The number of hydrogen-bond acceptors (Lipinski definition) is 2. The number of nitrogens with one attached hydrogen (secondary N) is 1. The summed E-state index contributed by atoms with van der Waals surface area (Å²) >= 11 is 0. The maximum Gasteiger partial charge on any atom is 0.126 e. The second-order valence-electron chi connectivity index (χ2n) is 6.02. The molecular weight excluding hydrogens is 296 g/mol. The van der Waals surface area contributed by atoms with Crippen molar-refractivity contribution in [3.05, 3.63) is 71.3 Å². The highest BCUT2D eigenvalue weighted by Crippen LogP contribution is 2.32. The zero-order valence-electron chi connectivity index (χ0n) is 13.5. The fourth-order valence-electron chi connectivity index (χ4n) is 2.81. The molecule has 0 bridgehead atoms. The van der Waals surface area contributed by atoms with E-state index in [1.807, 2.05) is 44.2 Å². The van der Waals surface area contributed by atoms with Crippen molar-refractivity contribution >= 4 is 0 Å². The molecule has 0 saturated heterocycles. The lowest BCUT2D eigenvalue weighted by molar-refractivity contribution is 0.0883. The number of aliphatic hydroxyl groups is 1. The Bertz CT molecular complexity index is 633. The van der Waals surface area contributed by atoms with Gasteiger partial charge in [-0.3, -0.25) is 0 Å². The third-order valence-electron chi connectivity index (χ3n) is 4.32. The summed E-state index contributed by atoms with van der Waals surface area (Å²) in [7, 11) is 0. The van der Waals surface area contributed by atoms with E-state index in [1.165, 1.54) is 6.07 Å².